The first-order valence-corrected chi connectivity index (χ1v) is 11.8. The Kier molecular flexibility index (Phi) is 6.22. The van der Waals surface area contributed by atoms with Crippen LogP contribution >= 0.6 is 0 Å². The van der Waals surface area contributed by atoms with Gasteiger partial charge in [0.05, 0.1) is 25.0 Å². The number of benzene rings is 1. The number of ether oxygens (including phenoxy) is 2. The van der Waals surface area contributed by atoms with Crippen molar-refractivity contribution in [3.05, 3.63) is 54.0 Å². The van der Waals surface area contributed by atoms with Crippen molar-refractivity contribution >= 4 is 23.4 Å². The van der Waals surface area contributed by atoms with Gasteiger partial charge in [0.1, 0.15) is 23.3 Å². The van der Waals surface area contributed by atoms with Crippen LogP contribution in [0.4, 0.5) is 0 Å². The third-order valence-electron chi connectivity index (χ3n) is 7.18. The largest absolute Gasteiger partial charge is 0.497 e. The van der Waals surface area contributed by atoms with E-state index < -0.39 is 24.5 Å². The summed E-state index contributed by atoms with van der Waals surface area (Å²) in [6.45, 7) is -0.394. The summed E-state index contributed by atoms with van der Waals surface area (Å²) in [6, 6.07) is 10.6. The Morgan fingerprint density at radius 1 is 1.12 bits per heavy atom. The monoisotopic (exact) mass is 464 g/mol. The zero-order valence-electron chi connectivity index (χ0n) is 19.1. The number of nitrogens with zero attached hydrogens (tertiary/aromatic N) is 2. The molecule has 178 valence electrons. The Morgan fingerprint density at radius 2 is 1.85 bits per heavy atom. The number of carbonyl (C=O) groups is 3. The maximum Gasteiger partial charge on any atom is 0.309 e. The lowest BCUT2D eigenvalue weighted by Crippen LogP contribution is -2.40. The molecule has 1 aliphatic heterocycles. The van der Waals surface area contributed by atoms with Crippen molar-refractivity contribution in [3.63, 3.8) is 0 Å². The molecule has 0 radical (unpaired) electrons. The molecule has 3 atom stereocenters. The minimum absolute atomic E-state index is 0.0423. The SMILES string of the molecule is COc1ccc(C2=NN(C(=O)COC(=O)C3C[C@@H]4CCC[C@@H](C3)C4=O)[C@@H](c3ccco3)C2)cc1. The molecule has 2 fully saturated rings. The predicted octanol–water partition coefficient (Wildman–Crippen LogP) is 3.90. The van der Waals surface area contributed by atoms with Crippen LogP contribution < -0.4 is 4.74 Å². The summed E-state index contributed by atoms with van der Waals surface area (Å²) < 4.78 is 16.2. The summed E-state index contributed by atoms with van der Waals surface area (Å²) in [7, 11) is 1.61. The van der Waals surface area contributed by atoms with Gasteiger partial charge in [-0.3, -0.25) is 14.4 Å². The molecule has 0 N–H and O–H groups in total. The fourth-order valence-electron chi connectivity index (χ4n) is 5.39. The van der Waals surface area contributed by atoms with E-state index in [2.05, 4.69) is 5.10 Å². The quantitative estimate of drug-likeness (QED) is 0.601. The van der Waals surface area contributed by atoms with E-state index in [1.54, 1.807) is 25.5 Å². The van der Waals surface area contributed by atoms with Crippen LogP contribution in [0, 0.1) is 17.8 Å². The number of ketones is 1. The average molecular weight is 465 g/mol. The number of methoxy groups -OCH3 is 1. The first kappa shape index (κ1) is 22.4. The van der Waals surface area contributed by atoms with E-state index in [-0.39, 0.29) is 17.8 Å². The first-order chi connectivity index (χ1) is 16.5. The molecule has 8 nitrogen and oxygen atoms in total. The van der Waals surface area contributed by atoms with E-state index in [1.807, 2.05) is 24.3 Å². The molecule has 8 heteroatoms. The molecule has 2 bridgehead atoms. The first-order valence-electron chi connectivity index (χ1n) is 11.8. The molecule has 2 heterocycles. The number of rotatable bonds is 6. The van der Waals surface area contributed by atoms with E-state index in [0.29, 0.717) is 30.8 Å². The molecule has 5 rings (SSSR count). The highest BCUT2D eigenvalue weighted by Gasteiger charge is 2.42. The van der Waals surface area contributed by atoms with E-state index in [4.69, 9.17) is 13.9 Å². The highest BCUT2D eigenvalue weighted by Crippen LogP contribution is 2.40. The number of hydrazone groups is 1. The van der Waals surface area contributed by atoms with Crippen LogP contribution in [-0.4, -0.2) is 42.1 Å². The maximum atomic E-state index is 13.1. The van der Waals surface area contributed by atoms with Crippen LogP contribution in [0.1, 0.15) is 55.9 Å². The second kappa shape index (κ2) is 9.44. The van der Waals surface area contributed by atoms with E-state index >= 15 is 0 Å². The lowest BCUT2D eigenvalue weighted by Gasteiger charge is -2.36. The summed E-state index contributed by atoms with van der Waals surface area (Å²) in [5.41, 5.74) is 1.62. The molecule has 2 aliphatic carbocycles. The van der Waals surface area contributed by atoms with Gasteiger partial charge in [0.25, 0.3) is 5.91 Å². The molecule has 1 amide bonds. The third kappa shape index (κ3) is 4.36. The summed E-state index contributed by atoms with van der Waals surface area (Å²) in [4.78, 5) is 38.1. The second-order valence-corrected chi connectivity index (χ2v) is 9.25. The van der Waals surface area contributed by atoms with Crippen LogP contribution in [0.25, 0.3) is 0 Å². The van der Waals surface area contributed by atoms with E-state index in [1.165, 1.54) is 5.01 Å². The van der Waals surface area contributed by atoms with Gasteiger partial charge in [-0.1, -0.05) is 6.42 Å². The van der Waals surface area contributed by atoms with Gasteiger partial charge in [0.2, 0.25) is 0 Å². The third-order valence-corrected chi connectivity index (χ3v) is 7.18. The molecule has 1 aromatic heterocycles. The molecular weight excluding hydrogens is 436 g/mol. The number of Topliss-reactive ketones (excluding diaryl/α,β-unsaturated/α-hetero) is 1. The van der Waals surface area contributed by atoms with Crippen LogP contribution in [0.5, 0.6) is 5.75 Å². The number of hydrogen-bond donors (Lipinski definition) is 0. The Labute approximate surface area is 197 Å². The van der Waals surface area contributed by atoms with Gasteiger partial charge in [-0.15, -0.1) is 0 Å². The van der Waals surface area contributed by atoms with Crippen LogP contribution in [-0.2, 0) is 19.1 Å². The fourth-order valence-corrected chi connectivity index (χ4v) is 5.39. The summed E-state index contributed by atoms with van der Waals surface area (Å²) >= 11 is 0. The van der Waals surface area contributed by atoms with Crippen molar-refractivity contribution in [2.75, 3.05) is 13.7 Å². The molecule has 3 aliphatic rings. The smallest absolute Gasteiger partial charge is 0.309 e. The number of furan rings is 1. The van der Waals surface area contributed by atoms with Gasteiger partial charge in [-0.05, 0) is 67.6 Å². The topological polar surface area (TPSA) is 98.4 Å². The van der Waals surface area contributed by atoms with Gasteiger partial charge in [0.15, 0.2) is 6.61 Å². The fraction of sp³-hybridized carbons (Fsp3) is 0.462. The molecular formula is C26H28N2O6. The molecule has 34 heavy (non-hydrogen) atoms. The van der Waals surface area contributed by atoms with Gasteiger partial charge >= 0.3 is 5.97 Å². The van der Waals surface area contributed by atoms with Crippen molar-refractivity contribution in [2.24, 2.45) is 22.9 Å². The summed E-state index contributed by atoms with van der Waals surface area (Å²) in [5.74, 6) is 0.433. The molecule has 0 spiro atoms. The van der Waals surface area contributed by atoms with Gasteiger partial charge in [-0.25, -0.2) is 5.01 Å². The summed E-state index contributed by atoms with van der Waals surface area (Å²) in [6.07, 6.45) is 5.83. The predicted molar refractivity (Wildman–Crippen MR) is 122 cm³/mol. The van der Waals surface area contributed by atoms with Gasteiger partial charge < -0.3 is 13.9 Å². The van der Waals surface area contributed by atoms with Crippen LogP contribution in [0.3, 0.4) is 0 Å². The zero-order chi connectivity index (χ0) is 23.7. The standard InChI is InChI=1S/C26H28N2O6/c1-32-20-9-7-16(8-10-20)21-14-22(23-6-3-11-33-23)28(27-21)24(29)15-34-26(31)19-12-17-4-2-5-18(13-19)25(17)30/h3,6-11,17-19,22H,2,4-5,12-15H2,1H3/t17-,18-,22+/m0/s1. The Morgan fingerprint density at radius 3 is 2.50 bits per heavy atom. The number of carbonyl (C=O) groups excluding carboxylic acids is 3. The highest BCUT2D eigenvalue weighted by atomic mass is 16.5. The minimum atomic E-state index is -0.412. The second-order valence-electron chi connectivity index (χ2n) is 9.25. The van der Waals surface area contributed by atoms with Crippen molar-refractivity contribution in [1.29, 1.82) is 0 Å². The molecule has 2 aromatic rings. The Bertz CT molecular complexity index is 1080. The lowest BCUT2D eigenvalue weighted by atomic mass is 9.67. The van der Waals surface area contributed by atoms with Gasteiger partial charge in [-0.2, -0.15) is 5.10 Å². The van der Waals surface area contributed by atoms with E-state index in [0.717, 1.165) is 36.3 Å². The van der Waals surface area contributed by atoms with Crippen molar-refractivity contribution in [2.45, 2.75) is 44.6 Å². The molecule has 0 unspecified atom stereocenters. The number of esters is 1. The Balaban J connectivity index is 1.27. The van der Waals surface area contributed by atoms with E-state index in [9.17, 15) is 14.4 Å². The average Bonchev–Trinajstić information content (AvgIpc) is 3.52. The highest BCUT2D eigenvalue weighted by molar-refractivity contribution is 6.03. The number of fused-ring (bicyclic) bond motifs is 2. The lowest BCUT2D eigenvalue weighted by molar-refractivity contribution is -0.159. The van der Waals surface area contributed by atoms with Crippen molar-refractivity contribution in [3.8, 4) is 5.75 Å². The minimum Gasteiger partial charge on any atom is -0.497 e. The molecule has 2 saturated carbocycles. The van der Waals surface area contributed by atoms with Crippen molar-refractivity contribution in [1.82, 2.24) is 5.01 Å². The number of hydrogen-bond acceptors (Lipinski definition) is 7. The van der Waals surface area contributed by atoms with Crippen molar-refractivity contribution < 1.29 is 28.3 Å². The summed E-state index contributed by atoms with van der Waals surface area (Å²) in [5, 5.41) is 5.91. The number of amides is 1. The molecule has 0 saturated heterocycles. The van der Waals surface area contributed by atoms with Crippen LogP contribution in [0.15, 0.2) is 52.2 Å². The van der Waals surface area contributed by atoms with Crippen LogP contribution in [0.2, 0.25) is 0 Å². The Hall–Kier alpha value is -3.42. The normalized spacial score (nSPS) is 26.2. The maximum absolute atomic E-state index is 13.1. The zero-order valence-corrected chi connectivity index (χ0v) is 19.1. The van der Waals surface area contributed by atoms with Gasteiger partial charge in [0, 0.05) is 18.3 Å². The molecule has 1 aromatic carbocycles.